The molecule has 1 amide bonds. The molecule has 0 saturated carbocycles. The van der Waals surface area contributed by atoms with Gasteiger partial charge in [0.25, 0.3) is 0 Å². The number of nitrogens with one attached hydrogen (secondary N) is 1. The van der Waals surface area contributed by atoms with Gasteiger partial charge in [-0.25, -0.2) is 12.7 Å². The van der Waals surface area contributed by atoms with Crippen molar-refractivity contribution in [3.63, 3.8) is 0 Å². The van der Waals surface area contributed by atoms with Crippen molar-refractivity contribution in [2.24, 2.45) is 5.92 Å². The zero-order valence-corrected chi connectivity index (χ0v) is 15.3. The van der Waals surface area contributed by atoms with Gasteiger partial charge >= 0.3 is 0 Å². The number of hydrogen-bond acceptors (Lipinski definition) is 4. The Hall–Kier alpha value is -1.31. The van der Waals surface area contributed by atoms with Crippen LogP contribution in [-0.4, -0.2) is 50.6 Å². The quantitative estimate of drug-likeness (QED) is 0.739. The van der Waals surface area contributed by atoms with E-state index < -0.39 is 10.0 Å². The van der Waals surface area contributed by atoms with E-state index in [1.165, 1.54) is 4.31 Å². The van der Waals surface area contributed by atoms with Crippen LogP contribution in [0.4, 0.5) is 0 Å². The molecule has 8 heteroatoms. The van der Waals surface area contributed by atoms with Crippen molar-refractivity contribution < 1.29 is 17.9 Å². The molecule has 0 atom stereocenters. The number of rotatable bonds is 7. The molecule has 2 rings (SSSR count). The summed E-state index contributed by atoms with van der Waals surface area (Å²) in [7, 11) is -3.15. The molecule has 1 aliphatic rings. The number of sulfonamides is 1. The topological polar surface area (TPSA) is 75.7 Å². The molecule has 1 N–H and O–H groups in total. The van der Waals surface area contributed by atoms with Gasteiger partial charge in [-0.3, -0.25) is 4.79 Å². The van der Waals surface area contributed by atoms with Crippen LogP contribution in [0.3, 0.4) is 0 Å². The zero-order valence-electron chi connectivity index (χ0n) is 13.7. The first kappa shape index (κ1) is 19.0. The van der Waals surface area contributed by atoms with Crippen LogP contribution in [0.25, 0.3) is 0 Å². The van der Waals surface area contributed by atoms with Crippen LogP contribution < -0.4 is 10.1 Å². The van der Waals surface area contributed by atoms with Crippen LogP contribution in [0.2, 0.25) is 5.02 Å². The predicted octanol–water partition coefficient (Wildman–Crippen LogP) is 1.90. The summed E-state index contributed by atoms with van der Waals surface area (Å²) in [6, 6.07) is 7.03. The van der Waals surface area contributed by atoms with E-state index in [1.807, 2.05) is 0 Å². The van der Waals surface area contributed by atoms with E-state index in [9.17, 15) is 13.2 Å². The fourth-order valence-corrected chi connectivity index (χ4v) is 3.86. The van der Waals surface area contributed by atoms with E-state index in [2.05, 4.69) is 5.32 Å². The molecular weight excluding hydrogens is 352 g/mol. The molecule has 1 aromatic rings. The molecule has 1 aliphatic heterocycles. The number of nitrogens with zero attached hydrogens (tertiary/aromatic N) is 1. The zero-order chi connectivity index (χ0) is 17.6. The summed E-state index contributed by atoms with van der Waals surface area (Å²) in [6.07, 6.45) is 1.12. The Morgan fingerprint density at radius 2 is 1.92 bits per heavy atom. The lowest BCUT2D eigenvalue weighted by Crippen LogP contribution is -2.44. The molecule has 6 nitrogen and oxygen atoms in total. The van der Waals surface area contributed by atoms with E-state index in [0.29, 0.717) is 49.9 Å². The molecule has 1 aromatic carbocycles. The van der Waals surface area contributed by atoms with Crippen molar-refractivity contribution >= 4 is 27.5 Å². The van der Waals surface area contributed by atoms with Gasteiger partial charge in [-0.15, -0.1) is 0 Å². The Morgan fingerprint density at radius 3 is 2.50 bits per heavy atom. The summed E-state index contributed by atoms with van der Waals surface area (Å²) in [4.78, 5) is 12.1. The highest BCUT2D eigenvalue weighted by Crippen LogP contribution is 2.20. The molecular formula is C16H23ClN2O4S. The third-order valence-corrected chi connectivity index (χ3v) is 6.20. The van der Waals surface area contributed by atoms with E-state index in [1.54, 1.807) is 31.2 Å². The van der Waals surface area contributed by atoms with Gasteiger partial charge in [0.15, 0.2) is 0 Å². The largest absolute Gasteiger partial charge is 0.492 e. The first-order chi connectivity index (χ1) is 11.4. The monoisotopic (exact) mass is 374 g/mol. The number of halogens is 1. The van der Waals surface area contributed by atoms with Crippen molar-refractivity contribution in [2.75, 3.05) is 32.0 Å². The molecule has 134 valence electrons. The van der Waals surface area contributed by atoms with Gasteiger partial charge in [0.2, 0.25) is 15.9 Å². The Labute approximate surface area is 148 Å². The standard InChI is InChI=1S/C16H23ClN2O4S/c1-2-24(21,22)19-10-7-13(8-11-19)16(20)18-9-12-23-15-5-3-14(17)4-6-15/h3-6,13H,2,7-12H2,1H3,(H,18,20). The van der Waals surface area contributed by atoms with Crippen molar-refractivity contribution in [3.8, 4) is 5.75 Å². The number of amides is 1. The number of benzene rings is 1. The predicted molar refractivity (Wildman–Crippen MR) is 93.7 cm³/mol. The van der Waals surface area contributed by atoms with Gasteiger partial charge in [0, 0.05) is 24.0 Å². The summed E-state index contributed by atoms with van der Waals surface area (Å²) in [5, 5.41) is 3.49. The van der Waals surface area contributed by atoms with Crippen molar-refractivity contribution in [1.82, 2.24) is 9.62 Å². The van der Waals surface area contributed by atoms with Crippen LogP contribution in [-0.2, 0) is 14.8 Å². The summed E-state index contributed by atoms with van der Waals surface area (Å²) in [6.45, 7) is 3.24. The first-order valence-electron chi connectivity index (χ1n) is 8.06. The number of ether oxygens (including phenoxy) is 1. The minimum absolute atomic E-state index is 0.0387. The lowest BCUT2D eigenvalue weighted by atomic mass is 9.97. The second-order valence-corrected chi connectivity index (χ2v) is 8.36. The molecule has 0 bridgehead atoms. The molecule has 24 heavy (non-hydrogen) atoms. The van der Waals surface area contributed by atoms with Crippen LogP contribution in [0.5, 0.6) is 5.75 Å². The van der Waals surface area contributed by atoms with E-state index >= 15 is 0 Å². The van der Waals surface area contributed by atoms with Crippen molar-refractivity contribution in [1.29, 1.82) is 0 Å². The average Bonchev–Trinajstić information content (AvgIpc) is 2.60. The van der Waals surface area contributed by atoms with Gasteiger partial charge in [0.05, 0.1) is 12.3 Å². The number of carbonyl (C=O) groups is 1. The van der Waals surface area contributed by atoms with Gasteiger partial charge < -0.3 is 10.1 Å². The van der Waals surface area contributed by atoms with E-state index in [-0.39, 0.29) is 17.6 Å². The SMILES string of the molecule is CCS(=O)(=O)N1CCC(C(=O)NCCOc2ccc(Cl)cc2)CC1. The Kier molecular flexibility index (Phi) is 6.89. The molecule has 0 spiro atoms. The highest BCUT2D eigenvalue weighted by Gasteiger charge is 2.29. The summed E-state index contributed by atoms with van der Waals surface area (Å²) in [5.41, 5.74) is 0. The normalized spacial score (nSPS) is 16.8. The summed E-state index contributed by atoms with van der Waals surface area (Å²) >= 11 is 5.79. The Balaban J connectivity index is 1.67. The highest BCUT2D eigenvalue weighted by atomic mass is 35.5. The molecule has 1 saturated heterocycles. The first-order valence-corrected chi connectivity index (χ1v) is 10.0. The third kappa shape index (κ3) is 5.36. The van der Waals surface area contributed by atoms with Crippen LogP contribution in [0.15, 0.2) is 24.3 Å². The number of carbonyl (C=O) groups excluding carboxylic acids is 1. The molecule has 1 fully saturated rings. The Morgan fingerprint density at radius 1 is 1.29 bits per heavy atom. The van der Waals surface area contributed by atoms with Crippen molar-refractivity contribution in [3.05, 3.63) is 29.3 Å². The van der Waals surface area contributed by atoms with Crippen LogP contribution >= 0.6 is 11.6 Å². The fourth-order valence-electron chi connectivity index (χ4n) is 2.60. The van der Waals surface area contributed by atoms with E-state index in [0.717, 1.165) is 0 Å². The van der Waals surface area contributed by atoms with Gasteiger partial charge in [-0.2, -0.15) is 0 Å². The molecule has 0 unspecified atom stereocenters. The number of piperidine rings is 1. The second kappa shape index (κ2) is 8.69. The van der Waals surface area contributed by atoms with Gasteiger partial charge in [-0.1, -0.05) is 11.6 Å². The van der Waals surface area contributed by atoms with Crippen LogP contribution in [0, 0.1) is 5.92 Å². The third-order valence-electron chi connectivity index (χ3n) is 4.07. The van der Waals surface area contributed by atoms with Gasteiger partial charge in [0.1, 0.15) is 12.4 Å². The highest BCUT2D eigenvalue weighted by molar-refractivity contribution is 7.89. The van der Waals surface area contributed by atoms with Crippen molar-refractivity contribution in [2.45, 2.75) is 19.8 Å². The summed E-state index contributed by atoms with van der Waals surface area (Å²) in [5.74, 6) is 0.630. The maximum atomic E-state index is 12.1. The lowest BCUT2D eigenvalue weighted by Gasteiger charge is -2.30. The minimum Gasteiger partial charge on any atom is -0.492 e. The molecule has 1 heterocycles. The lowest BCUT2D eigenvalue weighted by molar-refractivity contribution is -0.126. The second-order valence-electron chi connectivity index (χ2n) is 5.67. The average molecular weight is 375 g/mol. The van der Waals surface area contributed by atoms with Crippen LogP contribution in [0.1, 0.15) is 19.8 Å². The molecule has 0 radical (unpaired) electrons. The Bertz CT molecular complexity index is 641. The van der Waals surface area contributed by atoms with Gasteiger partial charge in [-0.05, 0) is 44.0 Å². The van der Waals surface area contributed by atoms with E-state index in [4.69, 9.17) is 16.3 Å². The maximum absolute atomic E-state index is 12.1. The summed E-state index contributed by atoms with van der Waals surface area (Å²) < 4.78 is 30.6. The smallest absolute Gasteiger partial charge is 0.223 e. The molecule has 0 aliphatic carbocycles. The number of hydrogen-bond donors (Lipinski definition) is 1. The fraction of sp³-hybridized carbons (Fsp3) is 0.562. The molecule has 0 aromatic heterocycles. The minimum atomic E-state index is -3.15. The maximum Gasteiger partial charge on any atom is 0.223 e.